The largest absolute Gasteiger partial charge is 0.506 e. The third-order valence-electron chi connectivity index (χ3n) is 5.79. The molecule has 1 aliphatic heterocycles. The van der Waals surface area contributed by atoms with Gasteiger partial charge in [-0.3, -0.25) is 0 Å². The Morgan fingerprint density at radius 1 is 0.903 bits per heavy atom. The van der Waals surface area contributed by atoms with Gasteiger partial charge in [-0.25, -0.2) is 4.79 Å². The number of hydrogen-bond donors (Lipinski definition) is 3. The van der Waals surface area contributed by atoms with Crippen LogP contribution in [0, 0.1) is 0 Å². The Kier molecular flexibility index (Phi) is 6.09. The summed E-state index contributed by atoms with van der Waals surface area (Å²) in [5.74, 6) is -0.939. The lowest BCUT2D eigenvalue weighted by Crippen LogP contribution is -2.46. The maximum absolute atomic E-state index is 11.8. The minimum atomic E-state index is -1.02. The minimum Gasteiger partial charge on any atom is -0.506 e. The second-order valence-corrected chi connectivity index (χ2v) is 7.68. The first kappa shape index (κ1) is 20.8. The lowest BCUT2D eigenvalue weighted by Gasteiger charge is -2.35. The van der Waals surface area contributed by atoms with Crippen molar-refractivity contribution < 1.29 is 15.0 Å². The number of piperazine rings is 1. The van der Waals surface area contributed by atoms with E-state index in [0.717, 1.165) is 49.5 Å². The number of aromatic carboxylic acids is 1. The van der Waals surface area contributed by atoms with Gasteiger partial charge >= 0.3 is 5.97 Å². The van der Waals surface area contributed by atoms with Crippen LogP contribution in [0.25, 0.3) is 11.1 Å². The van der Waals surface area contributed by atoms with Gasteiger partial charge in [-0.2, -0.15) is 0 Å². The van der Waals surface area contributed by atoms with Crippen LogP contribution < -0.4 is 10.2 Å². The number of likely N-dealkylation sites (N-methyl/N-ethyl adjacent to an activating group) is 1. The second-order valence-electron chi connectivity index (χ2n) is 7.68. The van der Waals surface area contributed by atoms with Crippen molar-refractivity contribution in [2.45, 2.75) is 6.92 Å². The molecule has 1 fully saturated rings. The summed E-state index contributed by atoms with van der Waals surface area (Å²) < 4.78 is 0. The van der Waals surface area contributed by atoms with Crippen LogP contribution in [0.5, 0.6) is 5.75 Å². The number of anilines is 3. The van der Waals surface area contributed by atoms with E-state index in [4.69, 9.17) is 0 Å². The van der Waals surface area contributed by atoms with Gasteiger partial charge in [-0.15, -0.1) is 0 Å². The molecular weight excluding hydrogens is 390 g/mol. The van der Waals surface area contributed by atoms with E-state index in [9.17, 15) is 15.0 Å². The highest BCUT2D eigenvalue weighted by Gasteiger charge is 2.18. The predicted octanol–water partition coefficient (Wildman–Crippen LogP) is 4.64. The Balaban J connectivity index is 1.64. The molecule has 6 heteroatoms. The zero-order chi connectivity index (χ0) is 21.8. The summed E-state index contributed by atoms with van der Waals surface area (Å²) in [6.07, 6.45) is 0. The molecule has 1 aliphatic rings. The van der Waals surface area contributed by atoms with E-state index in [-0.39, 0.29) is 11.3 Å². The fraction of sp³-hybridized carbons (Fsp3) is 0.240. The third-order valence-corrected chi connectivity index (χ3v) is 5.79. The van der Waals surface area contributed by atoms with Crippen molar-refractivity contribution in [3.05, 3.63) is 72.3 Å². The van der Waals surface area contributed by atoms with Crippen LogP contribution in [0.2, 0.25) is 0 Å². The number of aromatic hydroxyl groups is 1. The van der Waals surface area contributed by atoms with E-state index < -0.39 is 5.97 Å². The van der Waals surface area contributed by atoms with Gasteiger partial charge in [0.05, 0.1) is 16.9 Å². The molecule has 0 saturated carbocycles. The Hall–Kier alpha value is -3.51. The first-order valence-electron chi connectivity index (χ1n) is 10.5. The van der Waals surface area contributed by atoms with Crippen LogP contribution >= 0.6 is 0 Å². The summed E-state index contributed by atoms with van der Waals surface area (Å²) in [4.78, 5) is 16.5. The van der Waals surface area contributed by atoms with Crippen LogP contribution in [-0.4, -0.2) is 53.8 Å². The van der Waals surface area contributed by atoms with Gasteiger partial charge in [0.1, 0.15) is 5.75 Å². The smallest absolute Gasteiger partial charge is 0.337 e. The number of benzene rings is 3. The van der Waals surface area contributed by atoms with Gasteiger partial charge in [0.15, 0.2) is 0 Å². The highest BCUT2D eigenvalue weighted by molar-refractivity contribution is 5.97. The van der Waals surface area contributed by atoms with E-state index in [2.05, 4.69) is 22.0 Å². The fourth-order valence-electron chi connectivity index (χ4n) is 3.93. The molecule has 4 rings (SSSR count). The van der Waals surface area contributed by atoms with Crippen molar-refractivity contribution in [3.63, 3.8) is 0 Å². The highest BCUT2D eigenvalue weighted by atomic mass is 16.4. The average molecular weight is 418 g/mol. The van der Waals surface area contributed by atoms with Crippen LogP contribution in [0.3, 0.4) is 0 Å². The molecule has 1 saturated heterocycles. The van der Waals surface area contributed by atoms with Gasteiger partial charge < -0.3 is 25.3 Å². The standard InChI is InChI=1S/C25H27N3O3/c1-2-27-12-14-28(15-13-27)20-9-11-24(29)23(17-20)26-22-16-19(8-10-21(22)25(30)31)18-6-4-3-5-7-18/h3-11,16-17,26,29H,2,12-15H2,1H3,(H,30,31). The molecule has 0 atom stereocenters. The molecule has 160 valence electrons. The van der Waals surface area contributed by atoms with Gasteiger partial charge in [-0.05, 0) is 48.0 Å². The number of phenolic OH excluding ortho intramolecular Hbond substituents is 1. The number of carboxylic acid groups (broad SMARTS) is 1. The zero-order valence-electron chi connectivity index (χ0n) is 17.6. The van der Waals surface area contributed by atoms with Crippen molar-refractivity contribution >= 4 is 23.0 Å². The van der Waals surface area contributed by atoms with Gasteiger partial charge in [-0.1, -0.05) is 43.3 Å². The molecule has 0 bridgehead atoms. The van der Waals surface area contributed by atoms with Crippen molar-refractivity contribution in [3.8, 4) is 16.9 Å². The Bertz CT molecular complexity index is 1060. The number of carboxylic acids is 1. The monoisotopic (exact) mass is 417 g/mol. The Morgan fingerprint density at radius 3 is 2.32 bits per heavy atom. The molecule has 3 aromatic carbocycles. The lowest BCUT2D eigenvalue weighted by atomic mass is 10.0. The number of hydrogen-bond acceptors (Lipinski definition) is 5. The first-order valence-corrected chi connectivity index (χ1v) is 10.5. The van der Waals surface area contributed by atoms with Crippen molar-refractivity contribution in [1.82, 2.24) is 4.90 Å². The molecular formula is C25H27N3O3. The van der Waals surface area contributed by atoms with Gasteiger partial charge in [0, 0.05) is 31.9 Å². The number of rotatable bonds is 6. The second kappa shape index (κ2) is 9.10. The van der Waals surface area contributed by atoms with Crippen LogP contribution in [0.1, 0.15) is 17.3 Å². The molecule has 1 heterocycles. The highest BCUT2D eigenvalue weighted by Crippen LogP contribution is 2.34. The summed E-state index contributed by atoms with van der Waals surface area (Å²) in [6, 6.07) is 20.4. The fourth-order valence-corrected chi connectivity index (χ4v) is 3.93. The van der Waals surface area contributed by atoms with E-state index >= 15 is 0 Å². The molecule has 0 radical (unpaired) electrons. The molecule has 0 aliphatic carbocycles. The number of nitrogens with zero attached hydrogens (tertiary/aromatic N) is 2. The van der Waals surface area contributed by atoms with Gasteiger partial charge in [0.25, 0.3) is 0 Å². The van der Waals surface area contributed by atoms with Crippen LogP contribution in [0.4, 0.5) is 17.1 Å². The summed E-state index contributed by atoms with van der Waals surface area (Å²) in [5.41, 5.74) is 3.99. The molecule has 6 nitrogen and oxygen atoms in total. The number of phenols is 1. The van der Waals surface area contributed by atoms with Crippen molar-refractivity contribution in [2.75, 3.05) is 42.9 Å². The summed E-state index contributed by atoms with van der Waals surface area (Å²) in [7, 11) is 0. The summed E-state index contributed by atoms with van der Waals surface area (Å²) >= 11 is 0. The molecule has 0 unspecified atom stereocenters. The normalized spacial score (nSPS) is 14.4. The van der Waals surface area contributed by atoms with Crippen molar-refractivity contribution in [2.24, 2.45) is 0 Å². The van der Waals surface area contributed by atoms with Crippen LogP contribution in [0.15, 0.2) is 66.7 Å². The molecule has 3 aromatic rings. The average Bonchev–Trinajstić information content (AvgIpc) is 2.81. The maximum Gasteiger partial charge on any atom is 0.337 e. The molecule has 0 amide bonds. The topological polar surface area (TPSA) is 76.0 Å². The molecule has 0 spiro atoms. The molecule has 31 heavy (non-hydrogen) atoms. The third kappa shape index (κ3) is 4.64. The van der Waals surface area contributed by atoms with Gasteiger partial charge in [0.2, 0.25) is 0 Å². The zero-order valence-corrected chi connectivity index (χ0v) is 17.6. The summed E-state index contributed by atoms with van der Waals surface area (Å²) in [5, 5.41) is 23.3. The number of nitrogens with one attached hydrogen (secondary N) is 1. The van der Waals surface area contributed by atoms with E-state index in [1.165, 1.54) is 0 Å². The SMILES string of the molecule is CCN1CCN(c2ccc(O)c(Nc3cc(-c4ccccc4)ccc3C(=O)O)c2)CC1. The first-order chi connectivity index (χ1) is 15.0. The lowest BCUT2D eigenvalue weighted by molar-refractivity contribution is 0.0698. The van der Waals surface area contributed by atoms with E-state index in [1.54, 1.807) is 18.2 Å². The van der Waals surface area contributed by atoms with E-state index in [0.29, 0.717) is 11.4 Å². The molecule has 0 aromatic heterocycles. The molecule has 3 N–H and O–H groups in total. The Labute approximate surface area is 182 Å². The van der Waals surface area contributed by atoms with E-state index in [1.807, 2.05) is 48.5 Å². The predicted molar refractivity (Wildman–Crippen MR) is 125 cm³/mol. The van der Waals surface area contributed by atoms with Crippen molar-refractivity contribution in [1.29, 1.82) is 0 Å². The Morgan fingerprint density at radius 2 is 1.65 bits per heavy atom. The quantitative estimate of drug-likeness (QED) is 0.507. The van der Waals surface area contributed by atoms with Crippen LogP contribution in [-0.2, 0) is 0 Å². The summed E-state index contributed by atoms with van der Waals surface area (Å²) in [6.45, 7) is 7.06. The maximum atomic E-state index is 11.8. The minimum absolute atomic E-state index is 0.0809. The number of carbonyl (C=O) groups is 1.